The molecule has 0 bridgehead atoms. The highest BCUT2D eigenvalue weighted by Gasteiger charge is 2.20. The summed E-state index contributed by atoms with van der Waals surface area (Å²) in [6.07, 6.45) is 5.15. The third-order valence-electron chi connectivity index (χ3n) is 2.44. The fraction of sp³-hybridized carbons (Fsp3) is 0.625. The third-order valence-corrected chi connectivity index (χ3v) is 2.76. The van der Waals surface area contributed by atoms with Gasteiger partial charge in [-0.1, -0.05) is 0 Å². The van der Waals surface area contributed by atoms with E-state index in [1.165, 1.54) is 13.0 Å². The van der Waals surface area contributed by atoms with Gasteiger partial charge in [-0.3, -0.25) is 0 Å². The number of likely N-dealkylation sites (N-methyl/N-ethyl adjacent to an activating group) is 1. The lowest BCUT2D eigenvalue weighted by atomic mass is 10.3. The molecule has 1 aromatic rings. The van der Waals surface area contributed by atoms with Crippen LogP contribution in [0.5, 0.6) is 0 Å². The lowest BCUT2D eigenvalue weighted by molar-refractivity contribution is 0.391. The Morgan fingerprint density at radius 3 is 3.00 bits per heavy atom. The Balaban J connectivity index is 2.21. The van der Waals surface area contributed by atoms with Crippen molar-refractivity contribution in [2.45, 2.75) is 12.5 Å². The van der Waals surface area contributed by atoms with E-state index in [2.05, 4.69) is 21.5 Å². The fourth-order valence-corrected chi connectivity index (χ4v) is 2.04. The maximum atomic E-state index is 5.15. The predicted octanol–water partition coefficient (Wildman–Crippen LogP) is 1.42. The van der Waals surface area contributed by atoms with Gasteiger partial charge < -0.3 is 14.5 Å². The molecule has 1 aliphatic heterocycles. The number of hydrogen-bond donors (Lipinski definition) is 1. The monoisotopic (exact) mass is 183 g/mol. The first-order chi connectivity index (χ1) is 5.77. The van der Waals surface area contributed by atoms with Gasteiger partial charge in [-0.25, -0.2) is 0 Å². The Hall–Kier alpha value is -0.610. The van der Waals surface area contributed by atoms with E-state index in [0.717, 1.165) is 11.3 Å². The smallest absolute Gasteiger partial charge is 0.177 e. The average Bonchev–Trinajstić information content (AvgIpc) is 2.58. The summed E-state index contributed by atoms with van der Waals surface area (Å²) in [5.41, 5.74) is 0. The summed E-state index contributed by atoms with van der Waals surface area (Å²) in [7, 11) is 2.15. The van der Waals surface area contributed by atoms with E-state index in [1.807, 2.05) is 12.4 Å². The Labute approximate surface area is 77.0 Å². The van der Waals surface area contributed by atoms with E-state index in [4.69, 9.17) is 12.2 Å². The van der Waals surface area contributed by atoms with Crippen LogP contribution in [0.1, 0.15) is 12.5 Å². The van der Waals surface area contributed by atoms with Crippen molar-refractivity contribution < 1.29 is 0 Å². The largest absolute Gasteiger partial charge is 0.337 e. The van der Waals surface area contributed by atoms with Crippen LogP contribution in [0.25, 0.3) is 0 Å². The van der Waals surface area contributed by atoms with Crippen LogP contribution < -0.4 is 0 Å². The van der Waals surface area contributed by atoms with Crippen molar-refractivity contribution in [1.82, 2.24) is 14.5 Å². The SMILES string of the molecule is CN1CCC(n2cc[nH]c2=S)C1. The van der Waals surface area contributed by atoms with Crippen LogP contribution in [-0.2, 0) is 0 Å². The molecule has 0 amide bonds. The summed E-state index contributed by atoms with van der Waals surface area (Å²) >= 11 is 5.15. The summed E-state index contributed by atoms with van der Waals surface area (Å²) in [6, 6.07) is 0.578. The molecule has 1 unspecified atom stereocenters. The van der Waals surface area contributed by atoms with Crippen molar-refractivity contribution >= 4 is 12.2 Å². The molecule has 1 atom stereocenters. The van der Waals surface area contributed by atoms with E-state index < -0.39 is 0 Å². The highest BCUT2D eigenvalue weighted by Crippen LogP contribution is 2.19. The average molecular weight is 183 g/mol. The number of hydrogen-bond acceptors (Lipinski definition) is 2. The molecule has 2 heterocycles. The molecule has 0 saturated carbocycles. The van der Waals surface area contributed by atoms with E-state index in [9.17, 15) is 0 Å². The number of imidazole rings is 1. The second-order valence-electron chi connectivity index (χ2n) is 3.38. The van der Waals surface area contributed by atoms with E-state index >= 15 is 0 Å². The Morgan fingerprint density at radius 2 is 2.50 bits per heavy atom. The van der Waals surface area contributed by atoms with Gasteiger partial charge in [0, 0.05) is 25.0 Å². The van der Waals surface area contributed by atoms with Crippen LogP contribution in [0.2, 0.25) is 0 Å². The van der Waals surface area contributed by atoms with Crippen molar-refractivity contribution in [3.05, 3.63) is 17.2 Å². The van der Waals surface area contributed by atoms with Crippen LogP contribution in [0.3, 0.4) is 0 Å². The maximum absolute atomic E-state index is 5.15. The normalized spacial score (nSPS) is 24.9. The summed E-state index contributed by atoms with van der Waals surface area (Å²) < 4.78 is 2.99. The molecule has 1 fully saturated rings. The minimum absolute atomic E-state index is 0.578. The van der Waals surface area contributed by atoms with Crippen LogP contribution in [0, 0.1) is 4.77 Å². The zero-order valence-corrected chi connectivity index (χ0v) is 7.97. The highest BCUT2D eigenvalue weighted by molar-refractivity contribution is 7.71. The molecule has 1 N–H and O–H groups in total. The molecule has 1 saturated heterocycles. The Morgan fingerprint density at radius 1 is 1.67 bits per heavy atom. The predicted molar refractivity (Wildman–Crippen MR) is 50.8 cm³/mol. The fourth-order valence-electron chi connectivity index (χ4n) is 1.76. The molecule has 1 aliphatic rings. The van der Waals surface area contributed by atoms with E-state index in [1.54, 1.807) is 0 Å². The van der Waals surface area contributed by atoms with E-state index in [-0.39, 0.29) is 0 Å². The number of aromatic nitrogens is 2. The summed E-state index contributed by atoms with van der Waals surface area (Å²) in [5.74, 6) is 0. The number of rotatable bonds is 1. The summed E-state index contributed by atoms with van der Waals surface area (Å²) in [6.45, 7) is 2.30. The zero-order chi connectivity index (χ0) is 8.55. The quantitative estimate of drug-likeness (QED) is 0.666. The Bertz CT molecular complexity index is 314. The molecule has 0 aliphatic carbocycles. The van der Waals surface area contributed by atoms with Gasteiger partial charge in [0.25, 0.3) is 0 Å². The van der Waals surface area contributed by atoms with Crippen LogP contribution in [-0.4, -0.2) is 34.6 Å². The lowest BCUT2D eigenvalue weighted by Crippen LogP contribution is -2.16. The van der Waals surface area contributed by atoms with Gasteiger partial charge in [-0.2, -0.15) is 0 Å². The van der Waals surface area contributed by atoms with Gasteiger partial charge in [-0.05, 0) is 32.2 Å². The molecule has 1 aromatic heterocycles. The van der Waals surface area contributed by atoms with Crippen molar-refractivity contribution in [3.63, 3.8) is 0 Å². The molecular weight excluding hydrogens is 170 g/mol. The standard InChI is InChI=1S/C8H13N3S/c1-10-4-2-7(6-10)11-5-3-9-8(11)12/h3,5,7H,2,4,6H2,1H3,(H,9,12). The summed E-state index contributed by atoms with van der Waals surface area (Å²) in [4.78, 5) is 5.35. The first kappa shape index (κ1) is 8.01. The van der Waals surface area contributed by atoms with Crippen molar-refractivity contribution in [2.75, 3.05) is 20.1 Å². The highest BCUT2D eigenvalue weighted by atomic mass is 32.1. The molecule has 3 nitrogen and oxygen atoms in total. The van der Waals surface area contributed by atoms with Crippen molar-refractivity contribution in [2.24, 2.45) is 0 Å². The molecule has 4 heteroatoms. The van der Waals surface area contributed by atoms with E-state index in [0.29, 0.717) is 6.04 Å². The second-order valence-corrected chi connectivity index (χ2v) is 3.76. The molecule has 0 radical (unpaired) electrons. The van der Waals surface area contributed by atoms with Crippen molar-refractivity contribution in [3.8, 4) is 0 Å². The lowest BCUT2D eigenvalue weighted by Gasteiger charge is -2.11. The van der Waals surface area contributed by atoms with Gasteiger partial charge in [0.15, 0.2) is 4.77 Å². The van der Waals surface area contributed by atoms with Crippen LogP contribution >= 0.6 is 12.2 Å². The molecule has 2 rings (SSSR count). The van der Waals surface area contributed by atoms with Crippen molar-refractivity contribution in [1.29, 1.82) is 0 Å². The van der Waals surface area contributed by atoms with Crippen LogP contribution in [0.4, 0.5) is 0 Å². The topological polar surface area (TPSA) is 24.0 Å². The number of likely N-dealkylation sites (tertiary alicyclic amines) is 1. The number of nitrogens with zero attached hydrogens (tertiary/aromatic N) is 2. The molecule has 0 spiro atoms. The number of H-pyrrole nitrogens is 1. The minimum Gasteiger partial charge on any atom is -0.337 e. The Kier molecular flexibility index (Phi) is 2.02. The van der Waals surface area contributed by atoms with Gasteiger partial charge in [-0.15, -0.1) is 0 Å². The molecule has 0 aromatic carbocycles. The van der Waals surface area contributed by atoms with Crippen LogP contribution in [0.15, 0.2) is 12.4 Å². The first-order valence-electron chi connectivity index (χ1n) is 4.21. The second kappa shape index (κ2) is 3.03. The van der Waals surface area contributed by atoms with Gasteiger partial charge in [0.2, 0.25) is 0 Å². The first-order valence-corrected chi connectivity index (χ1v) is 4.62. The minimum atomic E-state index is 0.578. The third kappa shape index (κ3) is 1.32. The zero-order valence-electron chi connectivity index (χ0n) is 7.16. The van der Waals surface area contributed by atoms with Gasteiger partial charge in [0.1, 0.15) is 0 Å². The molecule has 12 heavy (non-hydrogen) atoms. The number of nitrogens with one attached hydrogen (secondary N) is 1. The molecular formula is C8H13N3S. The van der Waals surface area contributed by atoms with Gasteiger partial charge in [0.05, 0.1) is 0 Å². The maximum Gasteiger partial charge on any atom is 0.177 e. The van der Waals surface area contributed by atoms with Gasteiger partial charge >= 0.3 is 0 Å². The molecule has 66 valence electrons. The number of aromatic amines is 1. The summed E-state index contributed by atoms with van der Waals surface area (Å²) in [5, 5.41) is 0.